The van der Waals surface area contributed by atoms with Gasteiger partial charge < -0.3 is 16.2 Å². The van der Waals surface area contributed by atoms with E-state index in [0.717, 1.165) is 31.3 Å². The lowest BCUT2D eigenvalue weighted by Gasteiger charge is -2.42. The maximum atomic E-state index is 6.19. The topological polar surface area (TPSA) is 105 Å². The second-order valence-corrected chi connectivity index (χ2v) is 5.55. The third kappa shape index (κ3) is 1.55. The van der Waals surface area contributed by atoms with E-state index in [4.69, 9.17) is 16.2 Å². The number of rotatable bonds is 1. The fourth-order valence-electron chi connectivity index (χ4n) is 3.27. The molecule has 0 unspecified atom stereocenters. The Bertz CT molecular complexity index is 632. The van der Waals surface area contributed by atoms with Gasteiger partial charge >= 0.3 is 0 Å². The van der Waals surface area contributed by atoms with E-state index < -0.39 is 0 Å². The number of nitrogens with two attached hydrogens (primary N) is 2. The summed E-state index contributed by atoms with van der Waals surface area (Å²) in [6.07, 6.45) is 7.08. The number of imidazole rings is 1. The highest BCUT2D eigenvalue weighted by Crippen LogP contribution is 2.48. The van der Waals surface area contributed by atoms with Crippen LogP contribution < -0.4 is 11.5 Å². The fourth-order valence-corrected chi connectivity index (χ4v) is 3.27. The predicted octanol–water partition coefficient (Wildman–Crippen LogP) is 0.577. The van der Waals surface area contributed by atoms with Gasteiger partial charge in [0.05, 0.1) is 11.9 Å². The monoisotopic (exact) mass is 260 g/mol. The smallest absolute Gasteiger partial charge is 0.167 e. The van der Waals surface area contributed by atoms with Gasteiger partial charge in [0.15, 0.2) is 11.5 Å². The summed E-state index contributed by atoms with van der Waals surface area (Å²) in [6.45, 7) is 0. The third-order valence-corrected chi connectivity index (χ3v) is 4.20. The average Bonchev–Trinajstić information content (AvgIpc) is 2.93. The number of anilines is 1. The van der Waals surface area contributed by atoms with Gasteiger partial charge in [-0.15, -0.1) is 0 Å². The van der Waals surface area contributed by atoms with Crippen LogP contribution in [0.1, 0.15) is 31.9 Å². The van der Waals surface area contributed by atoms with Crippen LogP contribution in [0.5, 0.6) is 0 Å². The van der Waals surface area contributed by atoms with Gasteiger partial charge in [0.1, 0.15) is 18.1 Å². The Morgan fingerprint density at radius 1 is 1.32 bits per heavy atom. The second kappa shape index (κ2) is 3.64. The highest BCUT2D eigenvalue weighted by molar-refractivity contribution is 5.81. The molecule has 7 nitrogen and oxygen atoms in total. The summed E-state index contributed by atoms with van der Waals surface area (Å²) in [6, 6.07) is 0.288. The normalized spacial score (nSPS) is 33.9. The van der Waals surface area contributed by atoms with E-state index in [2.05, 4.69) is 15.0 Å². The van der Waals surface area contributed by atoms with E-state index in [1.807, 2.05) is 4.57 Å². The van der Waals surface area contributed by atoms with Crippen molar-refractivity contribution in [2.24, 2.45) is 5.73 Å². The lowest BCUT2D eigenvalue weighted by molar-refractivity contribution is -0.121. The lowest BCUT2D eigenvalue weighted by Crippen LogP contribution is -2.51. The van der Waals surface area contributed by atoms with Crippen molar-refractivity contribution in [3.8, 4) is 0 Å². The third-order valence-electron chi connectivity index (χ3n) is 4.20. The van der Waals surface area contributed by atoms with Crippen molar-refractivity contribution in [2.45, 2.75) is 43.6 Å². The van der Waals surface area contributed by atoms with Crippen LogP contribution in [0.4, 0.5) is 5.82 Å². The molecule has 1 atom stereocenters. The van der Waals surface area contributed by atoms with E-state index in [1.165, 1.54) is 6.33 Å². The molecule has 0 aromatic carbocycles. The van der Waals surface area contributed by atoms with Crippen LogP contribution in [0.2, 0.25) is 0 Å². The van der Waals surface area contributed by atoms with Crippen molar-refractivity contribution in [3.05, 3.63) is 12.7 Å². The molecule has 0 amide bonds. The van der Waals surface area contributed by atoms with Gasteiger partial charge in [0, 0.05) is 6.04 Å². The van der Waals surface area contributed by atoms with Crippen LogP contribution in [0.25, 0.3) is 11.2 Å². The summed E-state index contributed by atoms with van der Waals surface area (Å²) in [5, 5.41) is 0. The zero-order chi connectivity index (χ0) is 13.0. The minimum Gasteiger partial charge on any atom is -0.382 e. The number of aromatic nitrogens is 4. The maximum Gasteiger partial charge on any atom is 0.167 e. The van der Waals surface area contributed by atoms with Crippen molar-refractivity contribution >= 4 is 17.0 Å². The molecule has 1 aliphatic heterocycles. The Labute approximate surface area is 110 Å². The van der Waals surface area contributed by atoms with Crippen molar-refractivity contribution in [2.75, 3.05) is 5.73 Å². The van der Waals surface area contributed by atoms with E-state index >= 15 is 0 Å². The molecule has 100 valence electrons. The van der Waals surface area contributed by atoms with E-state index in [9.17, 15) is 0 Å². The summed E-state index contributed by atoms with van der Waals surface area (Å²) < 4.78 is 8.14. The Hall–Kier alpha value is -1.73. The maximum absolute atomic E-state index is 6.19. The fraction of sp³-hybridized carbons (Fsp3) is 0.583. The standard InChI is InChI=1S/C12H16N6O/c13-7-3-12(4-7)2-1-8(19-12)18-6-17-9-10(14)15-5-16-11(9)18/h5-8H,1-4,13H2,(H2,14,15,16)/t7?,8-,12?/m1/s1. The number of ether oxygens (including phenoxy) is 1. The minimum atomic E-state index is -0.0215. The molecule has 7 heteroatoms. The molecular formula is C12H16N6O. The first-order chi connectivity index (χ1) is 9.17. The summed E-state index contributed by atoms with van der Waals surface area (Å²) in [5.74, 6) is 0.405. The molecule has 1 saturated carbocycles. The van der Waals surface area contributed by atoms with Gasteiger partial charge in [-0.25, -0.2) is 15.0 Å². The first-order valence-corrected chi connectivity index (χ1v) is 6.53. The summed E-state index contributed by atoms with van der Waals surface area (Å²) >= 11 is 0. The van der Waals surface area contributed by atoms with E-state index in [-0.39, 0.29) is 17.9 Å². The van der Waals surface area contributed by atoms with Crippen molar-refractivity contribution in [3.63, 3.8) is 0 Å². The largest absolute Gasteiger partial charge is 0.382 e. The molecule has 0 radical (unpaired) electrons. The van der Waals surface area contributed by atoms with Gasteiger partial charge in [-0.1, -0.05) is 0 Å². The summed E-state index contributed by atoms with van der Waals surface area (Å²) in [4.78, 5) is 12.5. The van der Waals surface area contributed by atoms with E-state index in [0.29, 0.717) is 11.3 Å². The molecular weight excluding hydrogens is 244 g/mol. The van der Waals surface area contributed by atoms with Crippen molar-refractivity contribution in [1.82, 2.24) is 19.5 Å². The Balaban J connectivity index is 1.67. The zero-order valence-corrected chi connectivity index (χ0v) is 10.5. The lowest BCUT2D eigenvalue weighted by atomic mass is 9.74. The number of hydrogen-bond donors (Lipinski definition) is 2. The van der Waals surface area contributed by atoms with Crippen LogP contribution in [-0.2, 0) is 4.74 Å². The minimum absolute atomic E-state index is 0.0146. The zero-order valence-electron chi connectivity index (χ0n) is 10.5. The van der Waals surface area contributed by atoms with Gasteiger partial charge in [0.25, 0.3) is 0 Å². The van der Waals surface area contributed by atoms with Crippen molar-refractivity contribution < 1.29 is 4.74 Å². The first-order valence-electron chi connectivity index (χ1n) is 6.53. The van der Waals surface area contributed by atoms with Gasteiger partial charge in [-0.3, -0.25) is 4.57 Å². The molecule has 4 rings (SSSR count). The number of nitrogens with zero attached hydrogens (tertiary/aromatic N) is 4. The Morgan fingerprint density at radius 2 is 2.16 bits per heavy atom. The van der Waals surface area contributed by atoms with Crippen LogP contribution in [0.3, 0.4) is 0 Å². The molecule has 0 bridgehead atoms. The molecule has 1 aliphatic carbocycles. The van der Waals surface area contributed by atoms with Gasteiger partial charge in [-0.05, 0) is 25.7 Å². The highest BCUT2D eigenvalue weighted by Gasteiger charge is 2.49. The molecule has 2 aliphatic rings. The molecule has 2 aromatic heterocycles. The first kappa shape index (κ1) is 11.1. The molecule has 19 heavy (non-hydrogen) atoms. The highest BCUT2D eigenvalue weighted by atomic mass is 16.5. The molecule has 4 N–H and O–H groups in total. The summed E-state index contributed by atoms with van der Waals surface area (Å²) in [5.41, 5.74) is 13.0. The van der Waals surface area contributed by atoms with Crippen LogP contribution in [0.15, 0.2) is 12.7 Å². The molecule has 1 spiro atoms. The molecule has 3 heterocycles. The van der Waals surface area contributed by atoms with Gasteiger partial charge in [-0.2, -0.15) is 0 Å². The quantitative estimate of drug-likeness (QED) is 0.777. The molecule has 2 aromatic rings. The second-order valence-electron chi connectivity index (χ2n) is 5.55. The van der Waals surface area contributed by atoms with Crippen LogP contribution >= 0.6 is 0 Å². The Morgan fingerprint density at radius 3 is 2.95 bits per heavy atom. The number of fused-ring (bicyclic) bond motifs is 1. The van der Waals surface area contributed by atoms with Crippen LogP contribution in [-0.4, -0.2) is 31.2 Å². The Kier molecular flexibility index (Phi) is 2.13. The molecule has 2 fully saturated rings. The van der Waals surface area contributed by atoms with E-state index in [1.54, 1.807) is 6.33 Å². The average molecular weight is 260 g/mol. The predicted molar refractivity (Wildman–Crippen MR) is 69.0 cm³/mol. The number of hydrogen-bond acceptors (Lipinski definition) is 6. The summed E-state index contributed by atoms with van der Waals surface area (Å²) in [7, 11) is 0. The van der Waals surface area contributed by atoms with Crippen LogP contribution in [0, 0.1) is 0 Å². The van der Waals surface area contributed by atoms with Crippen molar-refractivity contribution in [1.29, 1.82) is 0 Å². The van der Waals surface area contributed by atoms with Gasteiger partial charge in [0.2, 0.25) is 0 Å². The SMILES string of the molecule is Nc1ncnc2c1ncn2[C@H]1CCC2(CC(N)C2)O1. The molecule has 1 saturated heterocycles. The number of nitrogen functional groups attached to an aromatic ring is 1.